The third-order valence-corrected chi connectivity index (χ3v) is 5.34. The van der Waals surface area contributed by atoms with Gasteiger partial charge < -0.3 is 16.4 Å². The summed E-state index contributed by atoms with van der Waals surface area (Å²) in [5.74, 6) is -1.32. The number of pyridine rings is 1. The number of aromatic nitrogens is 5. The van der Waals surface area contributed by atoms with Gasteiger partial charge in [-0.25, -0.2) is 13.8 Å². The summed E-state index contributed by atoms with van der Waals surface area (Å²) in [6, 6.07) is 6.06. The van der Waals surface area contributed by atoms with Crippen molar-refractivity contribution in [1.82, 2.24) is 24.5 Å². The minimum atomic E-state index is -0.798. The molecule has 1 aromatic carbocycles. The molecule has 1 atom stereocenters. The number of halogens is 2. The second-order valence-corrected chi connectivity index (χ2v) is 7.55. The molecular weight excluding hydrogens is 470 g/mol. The lowest BCUT2D eigenvalue weighted by molar-refractivity contribution is 0.614. The molecule has 180 valence electrons. The van der Waals surface area contributed by atoms with Crippen LogP contribution >= 0.6 is 0 Å². The van der Waals surface area contributed by atoms with Gasteiger partial charge in [-0.15, -0.1) is 0 Å². The summed E-state index contributed by atoms with van der Waals surface area (Å²) in [5, 5.41) is 24.9. The van der Waals surface area contributed by atoms with Gasteiger partial charge in [-0.2, -0.15) is 20.5 Å². The first-order chi connectivity index (χ1) is 17.3. The summed E-state index contributed by atoms with van der Waals surface area (Å²) in [4.78, 5) is 30.0. The van der Waals surface area contributed by atoms with Gasteiger partial charge in [0.2, 0.25) is 5.95 Å². The number of nitriles is 2. The molecule has 4 N–H and O–H groups in total. The van der Waals surface area contributed by atoms with E-state index in [2.05, 4.69) is 30.6 Å². The monoisotopic (exact) mass is 488 g/mol. The molecule has 0 fully saturated rings. The molecule has 0 aliphatic rings. The molecule has 0 spiro atoms. The Bertz CT molecular complexity index is 1640. The zero-order valence-corrected chi connectivity index (χ0v) is 19.0. The fourth-order valence-corrected chi connectivity index (χ4v) is 3.75. The summed E-state index contributed by atoms with van der Waals surface area (Å²) in [6.07, 6.45) is 2.52. The fraction of sp³-hybridized carbons (Fsp3) is 0.174. The van der Waals surface area contributed by atoms with Crippen molar-refractivity contribution >= 4 is 28.5 Å². The molecule has 4 aromatic rings. The number of nitrogens with zero attached hydrogens (tertiary/aromatic N) is 7. The largest absolute Gasteiger partial charge is 0.372 e. The van der Waals surface area contributed by atoms with Crippen LogP contribution in [0, 0.1) is 34.3 Å². The Morgan fingerprint density at radius 2 is 1.83 bits per heavy atom. The highest BCUT2D eigenvalue weighted by Crippen LogP contribution is 2.28. The van der Waals surface area contributed by atoms with Crippen molar-refractivity contribution in [2.45, 2.75) is 19.4 Å². The van der Waals surface area contributed by atoms with E-state index in [0.29, 0.717) is 6.42 Å². The predicted molar refractivity (Wildman–Crippen MR) is 127 cm³/mol. The lowest BCUT2D eigenvalue weighted by Crippen LogP contribution is -2.29. The van der Waals surface area contributed by atoms with E-state index in [1.165, 1.54) is 6.20 Å². The van der Waals surface area contributed by atoms with Gasteiger partial charge in [-0.3, -0.25) is 14.3 Å². The minimum absolute atomic E-state index is 0.0293. The van der Waals surface area contributed by atoms with Crippen LogP contribution in [0.2, 0.25) is 0 Å². The quantitative estimate of drug-likeness (QED) is 0.366. The molecular formula is C23H18F2N10O. The molecule has 0 saturated heterocycles. The molecule has 4 rings (SSSR count). The molecule has 0 bridgehead atoms. The van der Waals surface area contributed by atoms with E-state index in [9.17, 15) is 24.1 Å². The Labute approximate surface area is 202 Å². The number of hydrogen-bond donors (Lipinski definition) is 3. The summed E-state index contributed by atoms with van der Waals surface area (Å²) in [7, 11) is 1.56. The predicted octanol–water partition coefficient (Wildman–Crippen LogP) is 2.78. The first kappa shape index (κ1) is 24.0. The van der Waals surface area contributed by atoms with Crippen LogP contribution in [-0.2, 0) is 0 Å². The Hall–Kier alpha value is -5.17. The van der Waals surface area contributed by atoms with Crippen molar-refractivity contribution in [3.63, 3.8) is 0 Å². The number of anilines is 3. The molecule has 11 nitrogen and oxygen atoms in total. The number of nitrogens with one attached hydrogen (secondary N) is 2. The SMILES string of the molecule is CC[C@H](Nc1nc(N)nc(NC)c1C#N)c1nc2c(C#N)cc(F)cc2c(=O)n1-c1cncc(F)c1. The van der Waals surface area contributed by atoms with Gasteiger partial charge in [-0.05, 0) is 18.6 Å². The Morgan fingerprint density at radius 1 is 1.08 bits per heavy atom. The Balaban J connectivity index is 2.03. The average molecular weight is 488 g/mol. The van der Waals surface area contributed by atoms with E-state index >= 15 is 0 Å². The van der Waals surface area contributed by atoms with E-state index < -0.39 is 23.2 Å². The van der Waals surface area contributed by atoms with Crippen LogP contribution in [0.3, 0.4) is 0 Å². The van der Waals surface area contributed by atoms with Gasteiger partial charge in [0, 0.05) is 13.1 Å². The number of benzene rings is 1. The number of nitrogen functional groups attached to an aromatic ring is 1. The highest BCUT2D eigenvalue weighted by molar-refractivity contribution is 5.84. The molecule has 0 radical (unpaired) electrons. The normalized spacial score (nSPS) is 11.5. The lowest BCUT2D eigenvalue weighted by atomic mass is 10.1. The van der Waals surface area contributed by atoms with Crippen LogP contribution in [0.1, 0.15) is 36.3 Å². The van der Waals surface area contributed by atoms with Crippen LogP contribution in [0.15, 0.2) is 35.4 Å². The number of fused-ring (bicyclic) bond motifs is 1. The molecule has 0 amide bonds. The van der Waals surface area contributed by atoms with E-state index in [4.69, 9.17) is 5.73 Å². The highest BCUT2D eigenvalue weighted by atomic mass is 19.1. The molecule has 3 heterocycles. The summed E-state index contributed by atoms with van der Waals surface area (Å²) in [6.45, 7) is 1.77. The molecule has 36 heavy (non-hydrogen) atoms. The van der Waals surface area contributed by atoms with Crippen molar-refractivity contribution in [3.05, 3.63) is 69.5 Å². The van der Waals surface area contributed by atoms with Gasteiger partial charge >= 0.3 is 0 Å². The van der Waals surface area contributed by atoms with Crippen molar-refractivity contribution in [2.75, 3.05) is 23.4 Å². The van der Waals surface area contributed by atoms with E-state index in [1.54, 1.807) is 14.0 Å². The zero-order valence-electron chi connectivity index (χ0n) is 19.0. The van der Waals surface area contributed by atoms with Crippen LogP contribution in [0.4, 0.5) is 26.4 Å². The maximum Gasteiger partial charge on any atom is 0.266 e. The average Bonchev–Trinajstić information content (AvgIpc) is 2.86. The van der Waals surface area contributed by atoms with E-state index in [1.807, 2.05) is 12.1 Å². The third kappa shape index (κ3) is 4.21. The zero-order chi connectivity index (χ0) is 26.0. The second-order valence-electron chi connectivity index (χ2n) is 7.55. The van der Waals surface area contributed by atoms with Crippen LogP contribution in [0.5, 0.6) is 0 Å². The number of hydrogen-bond acceptors (Lipinski definition) is 10. The number of rotatable bonds is 6. The molecule has 0 saturated carbocycles. The topological polar surface area (TPSA) is 171 Å². The van der Waals surface area contributed by atoms with Gasteiger partial charge in [0.15, 0.2) is 11.6 Å². The standard InChI is InChI=1S/C23H18F2N10O/c1-3-17(31-20-16(8-27)19(29-2)33-23(28)34-20)21-32-18-11(7-26)4-12(24)6-15(18)22(36)35(21)14-5-13(25)9-30-10-14/h4-6,9-10,17H,3H2,1-2H3,(H4,28,29,31,33,34)/t17-/m0/s1. The minimum Gasteiger partial charge on any atom is -0.372 e. The smallest absolute Gasteiger partial charge is 0.266 e. The highest BCUT2D eigenvalue weighted by Gasteiger charge is 2.24. The molecule has 0 aliphatic carbocycles. The number of nitrogens with two attached hydrogens (primary N) is 1. The maximum atomic E-state index is 14.2. The second kappa shape index (κ2) is 9.60. The summed E-state index contributed by atoms with van der Waals surface area (Å²) >= 11 is 0. The Morgan fingerprint density at radius 3 is 2.47 bits per heavy atom. The fourth-order valence-electron chi connectivity index (χ4n) is 3.75. The first-order valence-electron chi connectivity index (χ1n) is 10.6. The molecule has 13 heteroatoms. The van der Waals surface area contributed by atoms with Gasteiger partial charge in [0.05, 0.1) is 40.6 Å². The molecule has 0 aliphatic heterocycles. The van der Waals surface area contributed by atoms with Crippen molar-refractivity contribution in [3.8, 4) is 17.8 Å². The third-order valence-electron chi connectivity index (χ3n) is 5.34. The summed E-state index contributed by atoms with van der Waals surface area (Å²) < 4.78 is 29.4. The van der Waals surface area contributed by atoms with Crippen molar-refractivity contribution in [1.29, 1.82) is 10.5 Å². The van der Waals surface area contributed by atoms with Crippen LogP contribution in [0.25, 0.3) is 16.6 Å². The van der Waals surface area contributed by atoms with Gasteiger partial charge in [0.25, 0.3) is 5.56 Å². The van der Waals surface area contributed by atoms with E-state index in [0.717, 1.165) is 29.0 Å². The Kier molecular flexibility index (Phi) is 6.39. The maximum absolute atomic E-state index is 14.2. The first-order valence-corrected chi connectivity index (χ1v) is 10.6. The van der Waals surface area contributed by atoms with E-state index in [-0.39, 0.29) is 51.1 Å². The summed E-state index contributed by atoms with van der Waals surface area (Å²) in [5.41, 5.74) is 4.98. The van der Waals surface area contributed by atoms with Crippen LogP contribution in [-0.4, -0.2) is 31.6 Å². The van der Waals surface area contributed by atoms with Gasteiger partial charge in [-0.1, -0.05) is 6.92 Å². The van der Waals surface area contributed by atoms with Gasteiger partial charge in [0.1, 0.15) is 35.2 Å². The van der Waals surface area contributed by atoms with Crippen molar-refractivity contribution < 1.29 is 8.78 Å². The van der Waals surface area contributed by atoms with Crippen LogP contribution < -0.4 is 21.9 Å². The van der Waals surface area contributed by atoms with Crippen molar-refractivity contribution in [2.24, 2.45) is 0 Å². The lowest BCUT2D eigenvalue weighted by Gasteiger charge is -2.23. The molecule has 3 aromatic heterocycles. The molecule has 0 unspecified atom stereocenters.